The Hall–Kier alpha value is -2.50. The topological polar surface area (TPSA) is 76.9 Å². The maximum Gasteiger partial charge on any atom is 0.421 e. The number of halogens is 5. The molecule has 148 valence electrons. The zero-order valence-corrected chi connectivity index (χ0v) is 14.4. The van der Waals surface area contributed by atoms with E-state index in [0.29, 0.717) is 30.4 Å². The first-order valence-corrected chi connectivity index (χ1v) is 8.05. The summed E-state index contributed by atoms with van der Waals surface area (Å²) in [6.45, 7) is -1.10. The summed E-state index contributed by atoms with van der Waals surface area (Å²) in [6, 6.07) is -0.0793. The highest BCUT2D eigenvalue weighted by Crippen LogP contribution is 2.37. The minimum atomic E-state index is -4.57. The number of rotatable bonds is 6. The lowest BCUT2D eigenvalue weighted by atomic mass is 9.89. The average Bonchev–Trinajstić information content (AvgIpc) is 2.89. The Labute approximate surface area is 150 Å². The lowest BCUT2D eigenvalue weighted by Gasteiger charge is -2.34. The van der Waals surface area contributed by atoms with Crippen LogP contribution in [0.15, 0.2) is 12.4 Å². The molecule has 7 nitrogen and oxygen atoms in total. The van der Waals surface area contributed by atoms with Crippen LogP contribution in [0.2, 0.25) is 0 Å². The summed E-state index contributed by atoms with van der Waals surface area (Å²) in [5.74, 6) is -0.376. The molecule has 2 aromatic rings. The number of hydrogen-bond acceptors (Lipinski definition) is 6. The van der Waals surface area contributed by atoms with Gasteiger partial charge in [-0.1, -0.05) is 0 Å². The van der Waals surface area contributed by atoms with Crippen LogP contribution >= 0.6 is 0 Å². The van der Waals surface area contributed by atoms with Gasteiger partial charge in [0.2, 0.25) is 5.95 Å². The molecule has 0 radical (unpaired) electrons. The number of nitrogens with zero attached hydrogens (tertiary/aromatic N) is 4. The molecular weight excluding hydrogens is 375 g/mol. The first-order chi connectivity index (χ1) is 12.7. The zero-order chi connectivity index (χ0) is 19.8. The van der Waals surface area contributed by atoms with Crippen molar-refractivity contribution in [2.45, 2.75) is 44.7 Å². The number of aromatic nitrogens is 4. The minimum Gasteiger partial charge on any atom is -0.372 e. The van der Waals surface area contributed by atoms with Gasteiger partial charge in [-0.2, -0.15) is 32.0 Å². The SMILES string of the molecule is CNc1nc(Nc2cn(C3CC(OC(F)F)C3)nc2C)ncc1C(F)(F)F. The highest BCUT2D eigenvalue weighted by molar-refractivity contribution is 5.57. The first kappa shape index (κ1) is 19.3. The molecule has 2 heterocycles. The molecule has 0 bridgehead atoms. The second-order valence-corrected chi connectivity index (χ2v) is 6.08. The van der Waals surface area contributed by atoms with Gasteiger partial charge in [0.25, 0.3) is 0 Å². The van der Waals surface area contributed by atoms with Crippen molar-refractivity contribution in [2.24, 2.45) is 0 Å². The van der Waals surface area contributed by atoms with Gasteiger partial charge in [0, 0.05) is 19.4 Å². The Morgan fingerprint density at radius 3 is 2.59 bits per heavy atom. The van der Waals surface area contributed by atoms with Gasteiger partial charge in [-0.15, -0.1) is 0 Å². The van der Waals surface area contributed by atoms with Crippen LogP contribution in [0.5, 0.6) is 0 Å². The maximum absolute atomic E-state index is 12.9. The van der Waals surface area contributed by atoms with E-state index in [0.717, 1.165) is 0 Å². The second-order valence-electron chi connectivity index (χ2n) is 6.08. The summed E-state index contributed by atoms with van der Waals surface area (Å²) in [7, 11) is 1.33. The first-order valence-electron chi connectivity index (χ1n) is 8.05. The second kappa shape index (κ2) is 7.25. The molecule has 2 aromatic heterocycles. The Bertz CT molecular complexity index is 802. The number of aryl methyl sites for hydroxylation is 1. The van der Waals surface area contributed by atoms with E-state index in [9.17, 15) is 22.0 Å². The molecule has 2 N–H and O–H groups in total. The third-order valence-electron chi connectivity index (χ3n) is 4.23. The van der Waals surface area contributed by atoms with Crippen molar-refractivity contribution in [3.63, 3.8) is 0 Å². The number of ether oxygens (including phenoxy) is 1. The molecule has 1 fully saturated rings. The predicted molar refractivity (Wildman–Crippen MR) is 86.0 cm³/mol. The smallest absolute Gasteiger partial charge is 0.372 e. The lowest BCUT2D eigenvalue weighted by Crippen LogP contribution is -2.34. The Morgan fingerprint density at radius 2 is 2.00 bits per heavy atom. The fourth-order valence-corrected chi connectivity index (χ4v) is 2.76. The third-order valence-corrected chi connectivity index (χ3v) is 4.23. The van der Waals surface area contributed by atoms with E-state index in [1.165, 1.54) is 7.05 Å². The molecule has 3 rings (SSSR count). The lowest BCUT2D eigenvalue weighted by molar-refractivity contribution is -0.189. The summed E-state index contributed by atoms with van der Waals surface area (Å²) in [4.78, 5) is 7.53. The van der Waals surface area contributed by atoms with E-state index in [-0.39, 0.29) is 17.8 Å². The summed E-state index contributed by atoms with van der Waals surface area (Å²) >= 11 is 0. The van der Waals surface area contributed by atoms with Crippen molar-refractivity contribution in [3.8, 4) is 0 Å². The van der Waals surface area contributed by atoms with Crippen molar-refractivity contribution in [2.75, 3.05) is 17.7 Å². The van der Waals surface area contributed by atoms with E-state index < -0.39 is 24.5 Å². The van der Waals surface area contributed by atoms with Crippen LogP contribution in [-0.4, -0.2) is 39.5 Å². The van der Waals surface area contributed by atoms with Crippen LogP contribution < -0.4 is 10.6 Å². The number of alkyl halides is 5. The molecule has 0 amide bonds. The van der Waals surface area contributed by atoms with Crippen molar-refractivity contribution < 1.29 is 26.7 Å². The molecule has 0 aliphatic heterocycles. The third kappa shape index (κ3) is 4.26. The van der Waals surface area contributed by atoms with Crippen molar-refractivity contribution in [1.29, 1.82) is 0 Å². The monoisotopic (exact) mass is 392 g/mol. The van der Waals surface area contributed by atoms with Crippen LogP contribution in [0.25, 0.3) is 0 Å². The summed E-state index contributed by atoms with van der Waals surface area (Å²) in [6.07, 6.45) is -1.93. The quantitative estimate of drug-likeness (QED) is 0.730. The summed E-state index contributed by atoms with van der Waals surface area (Å²) < 4.78 is 69.1. The highest BCUT2D eigenvalue weighted by Gasteiger charge is 2.36. The van der Waals surface area contributed by atoms with Crippen molar-refractivity contribution >= 4 is 17.5 Å². The normalized spacial score (nSPS) is 19.9. The van der Waals surface area contributed by atoms with Gasteiger partial charge in [0.05, 0.1) is 23.5 Å². The summed E-state index contributed by atoms with van der Waals surface area (Å²) in [5.41, 5.74) is 0.111. The minimum absolute atomic E-state index is 0.0254. The van der Waals surface area contributed by atoms with E-state index >= 15 is 0 Å². The fraction of sp³-hybridized carbons (Fsp3) is 0.533. The average molecular weight is 392 g/mol. The molecule has 0 spiro atoms. The van der Waals surface area contributed by atoms with Crippen LogP contribution in [0.3, 0.4) is 0 Å². The van der Waals surface area contributed by atoms with Crippen LogP contribution in [-0.2, 0) is 10.9 Å². The molecule has 1 aliphatic rings. The Balaban J connectivity index is 1.71. The van der Waals surface area contributed by atoms with Crippen molar-refractivity contribution in [3.05, 3.63) is 23.7 Å². The highest BCUT2D eigenvalue weighted by atomic mass is 19.4. The number of hydrogen-bond donors (Lipinski definition) is 2. The molecular formula is C15H17F5N6O. The number of nitrogens with one attached hydrogen (secondary N) is 2. The van der Waals surface area contributed by atoms with Crippen LogP contribution in [0, 0.1) is 6.92 Å². The molecule has 27 heavy (non-hydrogen) atoms. The zero-order valence-electron chi connectivity index (χ0n) is 14.4. The largest absolute Gasteiger partial charge is 0.421 e. The fourth-order valence-electron chi connectivity index (χ4n) is 2.76. The van der Waals surface area contributed by atoms with Gasteiger partial charge in [-0.05, 0) is 19.8 Å². The standard InChI is InChI=1S/C15H17F5N6O/c1-7-11(6-26(25-7)8-3-9(4-8)27-13(16)17)23-14-22-5-10(15(18,19)20)12(21-2)24-14/h5-6,8-9,13H,3-4H2,1-2H3,(H2,21,22,23,24). The van der Waals surface area contributed by atoms with Crippen LogP contribution in [0.4, 0.5) is 39.4 Å². The van der Waals surface area contributed by atoms with Crippen molar-refractivity contribution in [1.82, 2.24) is 19.7 Å². The van der Waals surface area contributed by atoms with Gasteiger partial charge < -0.3 is 15.4 Å². The maximum atomic E-state index is 12.9. The van der Waals surface area contributed by atoms with Gasteiger partial charge in [0.1, 0.15) is 11.4 Å². The summed E-state index contributed by atoms with van der Waals surface area (Å²) in [5, 5.41) is 9.53. The Morgan fingerprint density at radius 1 is 1.30 bits per heavy atom. The van der Waals surface area contributed by atoms with Gasteiger partial charge >= 0.3 is 12.8 Å². The van der Waals surface area contributed by atoms with Gasteiger partial charge in [-0.3, -0.25) is 4.68 Å². The van der Waals surface area contributed by atoms with Gasteiger partial charge in [0.15, 0.2) is 0 Å². The molecule has 1 saturated carbocycles. The predicted octanol–water partition coefficient (Wildman–Crippen LogP) is 3.73. The van der Waals surface area contributed by atoms with E-state index in [4.69, 9.17) is 0 Å². The number of anilines is 3. The van der Waals surface area contributed by atoms with Crippen LogP contribution in [0.1, 0.15) is 30.1 Å². The molecule has 0 saturated heterocycles. The van der Waals surface area contributed by atoms with E-state index in [2.05, 4.69) is 30.4 Å². The molecule has 1 aliphatic carbocycles. The van der Waals surface area contributed by atoms with E-state index in [1.54, 1.807) is 17.8 Å². The van der Waals surface area contributed by atoms with E-state index in [1.807, 2.05) is 0 Å². The van der Waals surface area contributed by atoms with Gasteiger partial charge in [-0.25, -0.2) is 4.98 Å². The molecule has 12 heteroatoms. The Kier molecular flexibility index (Phi) is 5.18. The molecule has 0 aromatic carbocycles. The molecule has 0 atom stereocenters. The molecule has 0 unspecified atom stereocenters.